The van der Waals surface area contributed by atoms with Crippen LogP contribution in [0.2, 0.25) is 0 Å². The third-order valence-corrected chi connectivity index (χ3v) is 7.04. The van der Waals surface area contributed by atoms with E-state index in [1.807, 2.05) is 0 Å². The van der Waals surface area contributed by atoms with Crippen LogP contribution in [0, 0.1) is 0 Å². The standard InChI is InChI=1S/C25H28N2O8S/c1-4-6-17(2)25(11-12-25)26-36(30,31)35-27-23(28)19-8-5-7-18-21(34-16-15-33-14-13-32-3)10-9-20(22(18)19)24(27)29/h4-5,7-10,26H,1-2,6,11-16H2,3H3. The normalized spacial score (nSPS) is 16.3. The molecule has 36 heavy (non-hydrogen) atoms. The Kier molecular flexibility index (Phi) is 7.57. The summed E-state index contributed by atoms with van der Waals surface area (Å²) in [7, 11) is -2.93. The molecule has 1 heterocycles. The van der Waals surface area contributed by atoms with Gasteiger partial charge in [-0.05, 0) is 37.5 Å². The summed E-state index contributed by atoms with van der Waals surface area (Å²) in [5, 5.41) is 1.19. The van der Waals surface area contributed by atoms with Crippen LogP contribution in [0.3, 0.4) is 0 Å². The average Bonchev–Trinajstić information content (AvgIpc) is 3.63. The van der Waals surface area contributed by atoms with Gasteiger partial charge in [-0.15, -0.1) is 15.9 Å². The molecular formula is C25H28N2O8S. The van der Waals surface area contributed by atoms with E-state index >= 15 is 0 Å². The van der Waals surface area contributed by atoms with Crippen molar-refractivity contribution in [2.45, 2.75) is 24.8 Å². The molecule has 1 N–H and O–H groups in total. The first-order chi connectivity index (χ1) is 17.2. The second-order valence-corrected chi connectivity index (χ2v) is 9.77. The molecule has 4 rings (SSSR count). The van der Waals surface area contributed by atoms with E-state index in [4.69, 9.17) is 18.5 Å². The van der Waals surface area contributed by atoms with Crippen LogP contribution < -0.4 is 9.46 Å². The molecule has 1 saturated carbocycles. The first-order valence-electron chi connectivity index (χ1n) is 11.4. The van der Waals surface area contributed by atoms with Gasteiger partial charge in [0.05, 0.1) is 36.5 Å². The molecule has 0 aromatic heterocycles. The number of amides is 2. The Morgan fingerprint density at radius 2 is 1.78 bits per heavy atom. The number of ether oxygens (including phenoxy) is 3. The monoisotopic (exact) mass is 516 g/mol. The summed E-state index contributed by atoms with van der Waals surface area (Å²) in [5.41, 5.74) is 0.00658. The predicted octanol–water partition coefficient (Wildman–Crippen LogP) is 2.91. The number of carbonyl (C=O) groups is 2. The minimum atomic E-state index is -4.52. The molecule has 2 amide bonds. The van der Waals surface area contributed by atoms with Crippen molar-refractivity contribution in [2.24, 2.45) is 0 Å². The van der Waals surface area contributed by atoms with Gasteiger partial charge in [0.2, 0.25) is 0 Å². The van der Waals surface area contributed by atoms with Gasteiger partial charge in [-0.1, -0.05) is 30.4 Å². The van der Waals surface area contributed by atoms with Crippen LogP contribution in [0.25, 0.3) is 10.8 Å². The molecule has 10 nitrogen and oxygen atoms in total. The molecular weight excluding hydrogens is 488 g/mol. The summed E-state index contributed by atoms with van der Waals surface area (Å²) in [6.45, 7) is 9.05. The minimum absolute atomic E-state index is 0.122. The van der Waals surface area contributed by atoms with Gasteiger partial charge >= 0.3 is 10.3 Å². The largest absolute Gasteiger partial charge is 0.491 e. The first kappa shape index (κ1) is 26.0. The van der Waals surface area contributed by atoms with Gasteiger partial charge in [-0.2, -0.15) is 13.1 Å². The van der Waals surface area contributed by atoms with Crippen molar-refractivity contribution in [3.05, 3.63) is 66.3 Å². The van der Waals surface area contributed by atoms with Crippen LogP contribution >= 0.6 is 0 Å². The Hall–Kier alpha value is -3.09. The molecule has 0 radical (unpaired) electrons. The highest BCUT2D eigenvalue weighted by Crippen LogP contribution is 2.44. The molecule has 1 aliphatic heterocycles. The number of carbonyl (C=O) groups excluding carboxylic acids is 2. The molecule has 0 saturated heterocycles. The summed E-state index contributed by atoms with van der Waals surface area (Å²) < 4.78 is 49.1. The zero-order valence-electron chi connectivity index (χ0n) is 19.9. The first-order valence-corrected chi connectivity index (χ1v) is 12.8. The van der Waals surface area contributed by atoms with E-state index in [-0.39, 0.29) is 22.8 Å². The maximum absolute atomic E-state index is 13.2. The lowest BCUT2D eigenvalue weighted by molar-refractivity contribution is -0.0167. The van der Waals surface area contributed by atoms with Crippen molar-refractivity contribution in [1.82, 2.24) is 9.79 Å². The van der Waals surface area contributed by atoms with Crippen LogP contribution in [0.5, 0.6) is 5.75 Å². The molecule has 1 fully saturated rings. The zero-order chi connectivity index (χ0) is 25.9. The topological polar surface area (TPSA) is 120 Å². The number of hydroxylamine groups is 2. The SMILES string of the molecule is C=CCC(=C)C1(NS(=O)(=O)ON2C(=O)c3cccc4c(OCCOCCOC)ccc(c34)C2=O)CC1. The molecule has 1 aliphatic carbocycles. The average molecular weight is 517 g/mol. The van der Waals surface area contributed by atoms with Crippen molar-refractivity contribution in [3.8, 4) is 5.75 Å². The van der Waals surface area contributed by atoms with Crippen molar-refractivity contribution >= 4 is 32.9 Å². The molecule has 0 unspecified atom stereocenters. The molecule has 0 atom stereocenters. The van der Waals surface area contributed by atoms with E-state index in [2.05, 4.69) is 17.9 Å². The quantitative estimate of drug-likeness (QED) is 0.231. The highest BCUT2D eigenvalue weighted by atomic mass is 32.2. The molecule has 192 valence electrons. The number of hydrogen-bond acceptors (Lipinski definition) is 8. The fourth-order valence-corrected chi connectivity index (χ4v) is 5.27. The van der Waals surface area contributed by atoms with E-state index in [0.29, 0.717) is 61.2 Å². The second kappa shape index (κ2) is 10.5. The van der Waals surface area contributed by atoms with Gasteiger partial charge in [-0.3, -0.25) is 9.59 Å². The highest BCUT2D eigenvalue weighted by molar-refractivity contribution is 7.84. The number of nitrogens with zero attached hydrogens (tertiary/aromatic N) is 1. The van der Waals surface area contributed by atoms with Crippen LogP contribution in [-0.4, -0.2) is 64.4 Å². The highest BCUT2D eigenvalue weighted by Gasteiger charge is 2.49. The Bertz CT molecular complexity index is 1290. The number of rotatable bonds is 14. The molecule has 2 aliphatic rings. The van der Waals surface area contributed by atoms with Crippen molar-refractivity contribution in [1.29, 1.82) is 0 Å². The maximum atomic E-state index is 13.2. The summed E-state index contributed by atoms with van der Waals surface area (Å²) in [6.07, 6.45) is 3.11. The van der Waals surface area contributed by atoms with Gasteiger partial charge in [0.1, 0.15) is 12.4 Å². The third kappa shape index (κ3) is 5.20. The number of benzene rings is 2. The molecule has 0 bridgehead atoms. The van der Waals surface area contributed by atoms with Crippen LogP contribution in [0.1, 0.15) is 40.0 Å². The fraction of sp³-hybridized carbons (Fsp3) is 0.360. The summed E-state index contributed by atoms with van der Waals surface area (Å²) >= 11 is 0. The van der Waals surface area contributed by atoms with Gasteiger partial charge < -0.3 is 14.2 Å². The Labute approximate surface area is 209 Å². The maximum Gasteiger partial charge on any atom is 0.358 e. The number of hydrogen-bond donors (Lipinski definition) is 1. The van der Waals surface area contributed by atoms with Crippen LogP contribution in [0.15, 0.2) is 55.1 Å². The van der Waals surface area contributed by atoms with Gasteiger partial charge in [-0.25, -0.2) is 0 Å². The van der Waals surface area contributed by atoms with Gasteiger partial charge in [0.15, 0.2) is 0 Å². The minimum Gasteiger partial charge on any atom is -0.491 e. The molecule has 2 aromatic carbocycles. The second-order valence-electron chi connectivity index (χ2n) is 8.51. The summed E-state index contributed by atoms with van der Waals surface area (Å²) in [5.74, 6) is -1.32. The smallest absolute Gasteiger partial charge is 0.358 e. The van der Waals surface area contributed by atoms with Gasteiger partial charge in [0, 0.05) is 17.9 Å². The Morgan fingerprint density at radius 1 is 1.08 bits per heavy atom. The van der Waals surface area contributed by atoms with Crippen molar-refractivity contribution in [3.63, 3.8) is 0 Å². The lowest BCUT2D eigenvalue weighted by Crippen LogP contribution is -2.47. The van der Waals surface area contributed by atoms with Crippen molar-refractivity contribution < 1.29 is 36.5 Å². The predicted molar refractivity (Wildman–Crippen MR) is 132 cm³/mol. The summed E-state index contributed by atoms with van der Waals surface area (Å²) in [6, 6.07) is 7.92. The van der Waals surface area contributed by atoms with Crippen molar-refractivity contribution in [2.75, 3.05) is 33.5 Å². The van der Waals surface area contributed by atoms with E-state index < -0.39 is 27.7 Å². The molecule has 11 heteroatoms. The fourth-order valence-electron chi connectivity index (χ4n) is 4.07. The van der Waals surface area contributed by atoms with E-state index in [1.165, 1.54) is 12.1 Å². The van der Waals surface area contributed by atoms with Crippen LogP contribution in [0.4, 0.5) is 0 Å². The third-order valence-electron chi connectivity index (χ3n) is 6.06. The molecule has 2 aromatic rings. The number of methoxy groups -OCH3 is 1. The van der Waals surface area contributed by atoms with E-state index in [0.717, 1.165) is 0 Å². The lowest BCUT2D eigenvalue weighted by Gasteiger charge is -2.27. The number of imide groups is 1. The van der Waals surface area contributed by atoms with E-state index in [9.17, 15) is 18.0 Å². The summed E-state index contributed by atoms with van der Waals surface area (Å²) in [4.78, 5) is 26.3. The molecule has 0 spiro atoms. The van der Waals surface area contributed by atoms with Gasteiger partial charge in [0.25, 0.3) is 11.8 Å². The Morgan fingerprint density at radius 3 is 2.44 bits per heavy atom. The Balaban J connectivity index is 1.54. The number of allylic oxidation sites excluding steroid dienone is 1. The zero-order valence-corrected chi connectivity index (χ0v) is 20.8. The van der Waals surface area contributed by atoms with E-state index in [1.54, 1.807) is 31.4 Å². The number of nitrogens with one attached hydrogen (secondary N) is 1. The lowest BCUT2D eigenvalue weighted by atomic mass is 9.94. The van der Waals surface area contributed by atoms with Crippen LogP contribution in [-0.2, 0) is 24.1 Å².